The molecule has 6 heteroatoms. The Morgan fingerprint density at radius 3 is 2.94 bits per heavy atom. The van der Waals surface area contributed by atoms with Crippen molar-refractivity contribution in [1.82, 2.24) is 19.1 Å². The number of nitrogens with zero attached hydrogens (tertiary/aromatic N) is 3. The van der Waals surface area contributed by atoms with Gasteiger partial charge in [0, 0.05) is 37.7 Å². The van der Waals surface area contributed by atoms with E-state index in [0.29, 0.717) is 11.3 Å². The van der Waals surface area contributed by atoms with E-state index in [-0.39, 0.29) is 5.56 Å². The fraction of sp³-hybridized carbons (Fsp3) is 0.364. The Morgan fingerprint density at radius 2 is 2.29 bits per heavy atom. The molecule has 2 aromatic rings. The normalized spacial score (nSPS) is 10.6. The van der Waals surface area contributed by atoms with Gasteiger partial charge in [0.05, 0.1) is 0 Å². The van der Waals surface area contributed by atoms with Crippen molar-refractivity contribution in [3.63, 3.8) is 0 Å². The summed E-state index contributed by atoms with van der Waals surface area (Å²) in [5, 5.41) is 0. The van der Waals surface area contributed by atoms with E-state index in [1.165, 1.54) is 6.07 Å². The number of hydrogen-bond donors (Lipinski definition) is 1. The molecule has 2 aromatic heterocycles. The maximum Gasteiger partial charge on any atom is 0.254 e. The highest BCUT2D eigenvalue weighted by atomic mass is 32.1. The van der Waals surface area contributed by atoms with Crippen molar-refractivity contribution >= 4 is 12.2 Å². The first-order chi connectivity index (χ1) is 8.18. The Morgan fingerprint density at radius 1 is 1.47 bits per heavy atom. The van der Waals surface area contributed by atoms with E-state index in [1.807, 2.05) is 13.1 Å². The van der Waals surface area contributed by atoms with Gasteiger partial charge >= 0.3 is 0 Å². The van der Waals surface area contributed by atoms with Crippen molar-refractivity contribution in [2.75, 3.05) is 0 Å². The molecular formula is C11H14N4OS. The van der Waals surface area contributed by atoms with Gasteiger partial charge in [-0.05, 0) is 25.6 Å². The molecule has 0 fully saturated rings. The molecule has 0 saturated heterocycles. The van der Waals surface area contributed by atoms with Gasteiger partial charge < -0.3 is 9.55 Å². The number of hydrogen-bond acceptors (Lipinski definition) is 3. The Kier molecular flexibility index (Phi) is 3.53. The lowest BCUT2D eigenvalue weighted by Gasteiger charge is -2.07. The molecule has 0 aliphatic heterocycles. The molecule has 5 nitrogen and oxygen atoms in total. The van der Waals surface area contributed by atoms with Crippen LogP contribution in [0.1, 0.15) is 12.2 Å². The van der Waals surface area contributed by atoms with Crippen molar-refractivity contribution in [1.29, 1.82) is 0 Å². The second-order valence-electron chi connectivity index (χ2n) is 3.79. The number of aromatic amines is 1. The predicted molar refractivity (Wildman–Crippen MR) is 67.5 cm³/mol. The molecule has 90 valence electrons. The third-order valence-corrected chi connectivity index (χ3v) is 2.99. The molecule has 2 rings (SSSR count). The molecule has 1 N–H and O–H groups in total. The lowest BCUT2D eigenvalue weighted by atomic mass is 10.4. The van der Waals surface area contributed by atoms with E-state index in [0.717, 1.165) is 18.8 Å². The van der Waals surface area contributed by atoms with Gasteiger partial charge in [0.15, 0.2) is 4.77 Å². The van der Waals surface area contributed by atoms with Crippen LogP contribution in [-0.2, 0) is 13.1 Å². The number of imidazole rings is 1. The summed E-state index contributed by atoms with van der Waals surface area (Å²) in [6.45, 7) is 3.41. The van der Waals surface area contributed by atoms with Crippen LogP contribution in [0.15, 0.2) is 29.5 Å². The molecule has 0 aliphatic rings. The lowest BCUT2D eigenvalue weighted by Crippen LogP contribution is -2.21. The Balaban J connectivity index is 2.02. The third kappa shape index (κ3) is 2.71. The van der Waals surface area contributed by atoms with Gasteiger partial charge in [0.2, 0.25) is 0 Å². The van der Waals surface area contributed by atoms with Crippen LogP contribution in [0.25, 0.3) is 0 Å². The lowest BCUT2D eigenvalue weighted by molar-refractivity contribution is 0.536. The molecule has 0 spiro atoms. The van der Waals surface area contributed by atoms with Crippen molar-refractivity contribution in [2.24, 2.45) is 0 Å². The van der Waals surface area contributed by atoms with Gasteiger partial charge in [-0.25, -0.2) is 4.98 Å². The first-order valence-electron chi connectivity index (χ1n) is 5.45. The largest absolute Gasteiger partial charge is 0.339 e. The van der Waals surface area contributed by atoms with Gasteiger partial charge in [0.1, 0.15) is 5.82 Å². The molecule has 0 atom stereocenters. The monoisotopic (exact) mass is 250 g/mol. The number of rotatable bonds is 4. The molecule has 17 heavy (non-hydrogen) atoms. The van der Waals surface area contributed by atoms with Crippen LogP contribution in [0.2, 0.25) is 0 Å². The van der Waals surface area contributed by atoms with Crippen LogP contribution in [-0.4, -0.2) is 19.1 Å². The summed E-state index contributed by atoms with van der Waals surface area (Å²) < 4.78 is 4.10. The van der Waals surface area contributed by atoms with E-state index in [9.17, 15) is 4.79 Å². The summed E-state index contributed by atoms with van der Waals surface area (Å²) in [5.41, 5.74) is -0.0592. The Hall–Kier alpha value is -1.69. The second-order valence-corrected chi connectivity index (χ2v) is 4.18. The topological polar surface area (TPSA) is 55.6 Å². The van der Waals surface area contributed by atoms with E-state index < -0.39 is 0 Å². The quantitative estimate of drug-likeness (QED) is 0.837. The zero-order valence-electron chi connectivity index (χ0n) is 9.59. The summed E-state index contributed by atoms with van der Waals surface area (Å²) >= 11 is 5.07. The molecule has 0 amide bonds. The zero-order valence-corrected chi connectivity index (χ0v) is 10.4. The summed E-state index contributed by atoms with van der Waals surface area (Å²) in [4.78, 5) is 18.6. The minimum Gasteiger partial charge on any atom is -0.339 e. The zero-order chi connectivity index (χ0) is 12.3. The summed E-state index contributed by atoms with van der Waals surface area (Å²) in [6, 6.07) is 1.48. The molecule has 0 aliphatic carbocycles. The van der Waals surface area contributed by atoms with Gasteiger partial charge in [0.25, 0.3) is 5.56 Å². The van der Waals surface area contributed by atoms with Crippen molar-refractivity contribution in [3.8, 4) is 0 Å². The fourth-order valence-corrected chi connectivity index (χ4v) is 1.95. The highest BCUT2D eigenvalue weighted by molar-refractivity contribution is 7.71. The Bertz CT molecular complexity index is 582. The SMILES string of the molecule is Cc1nccn1CCCn1c(=O)cc[nH]c1=S. The number of aromatic nitrogens is 4. The molecule has 0 saturated carbocycles. The van der Waals surface area contributed by atoms with Crippen LogP contribution in [0.3, 0.4) is 0 Å². The van der Waals surface area contributed by atoms with Gasteiger partial charge in [-0.1, -0.05) is 0 Å². The highest BCUT2D eigenvalue weighted by Crippen LogP contribution is 1.98. The average molecular weight is 250 g/mol. The van der Waals surface area contributed by atoms with Gasteiger partial charge in [-0.15, -0.1) is 0 Å². The number of nitrogens with one attached hydrogen (secondary N) is 1. The van der Waals surface area contributed by atoms with Crippen LogP contribution in [0, 0.1) is 11.7 Å². The van der Waals surface area contributed by atoms with E-state index >= 15 is 0 Å². The minimum absolute atomic E-state index is 0.0592. The molecule has 0 radical (unpaired) electrons. The summed E-state index contributed by atoms with van der Waals surface area (Å²) in [7, 11) is 0. The average Bonchev–Trinajstić information content (AvgIpc) is 2.69. The van der Waals surface area contributed by atoms with Gasteiger partial charge in [-0.3, -0.25) is 9.36 Å². The van der Waals surface area contributed by atoms with Crippen molar-refractivity contribution in [3.05, 3.63) is 45.6 Å². The number of aryl methyl sites for hydroxylation is 2. The van der Waals surface area contributed by atoms with Gasteiger partial charge in [-0.2, -0.15) is 0 Å². The van der Waals surface area contributed by atoms with Crippen LogP contribution < -0.4 is 5.56 Å². The van der Waals surface area contributed by atoms with Crippen LogP contribution in [0.4, 0.5) is 0 Å². The molecule has 0 aromatic carbocycles. The summed E-state index contributed by atoms with van der Waals surface area (Å²) in [5.74, 6) is 0.982. The maximum atomic E-state index is 11.6. The minimum atomic E-state index is -0.0592. The first kappa shape index (κ1) is 11.8. The van der Waals surface area contributed by atoms with Crippen LogP contribution in [0.5, 0.6) is 0 Å². The Labute approximate surface area is 104 Å². The molecule has 0 bridgehead atoms. The van der Waals surface area contributed by atoms with E-state index in [2.05, 4.69) is 14.5 Å². The maximum absolute atomic E-state index is 11.6. The predicted octanol–water partition coefficient (Wildman–Crippen LogP) is 1.50. The smallest absolute Gasteiger partial charge is 0.254 e. The van der Waals surface area contributed by atoms with Crippen molar-refractivity contribution in [2.45, 2.75) is 26.4 Å². The number of H-pyrrole nitrogens is 1. The molecule has 0 unspecified atom stereocenters. The van der Waals surface area contributed by atoms with Crippen molar-refractivity contribution < 1.29 is 0 Å². The first-order valence-corrected chi connectivity index (χ1v) is 5.85. The molecule has 2 heterocycles. The molecular weight excluding hydrogens is 236 g/mol. The summed E-state index contributed by atoms with van der Waals surface area (Å²) in [6.07, 6.45) is 6.12. The van der Waals surface area contributed by atoms with E-state index in [1.54, 1.807) is 17.0 Å². The standard InChI is InChI=1S/C11H14N4OS/c1-9-12-5-8-14(9)6-2-7-15-10(16)3-4-13-11(15)17/h3-5,8H,2,6-7H2,1H3,(H,13,17). The van der Waals surface area contributed by atoms with Crippen LogP contribution >= 0.6 is 12.2 Å². The third-order valence-electron chi connectivity index (χ3n) is 2.65. The van der Waals surface area contributed by atoms with E-state index in [4.69, 9.17) is 12.2 Å². The fourth-order valence-electron chi connectivity index (χ4n) is 1.70. The highest BCUT2D eigenvalue weighted by Gasteiger charge is 1.99. The second kappa shape index (κ2) is 5.09.